The maximum atomic E-state index is 11.0. The van der Waals surface area contributed by atoms with Crippen molar-refractivity contribution in [3.05, 3.63) is 24.3 Å². The molecule has 2 nitrogen and oxygen atoms in total. The first kappa shape index (κ1) is 11.9. The van der Waals surface area contributed by atoms with Gasteiger partial charge in [-0.2, -0.15) is 0 Å². The molecule has 0 aromatic carbocycles. The van der Waals surface area contributed by atoms with Crippen molar-refractivity contribution in [2.45, 2.75) is 33.8 Å². The van der Waals surface area contributed by atoms with E-state index in [1.807, 2.05) is 26.0 Å². The molecule has 0 aliphatic carbocycles. The van der Waals surface area contributed by atoms with Gasteiger partial charge in [-0.05, 0) is 19.8 Å². The fourth-order valence-electron chi connectivity index (χ4n) is 0.692. The zero-order valence-electron chi connectivity index (χ0n) is 8.78. The van der Waals surface area contributed by atoms with E-state index in [9.17, 15) is 4.79 Å². The Kier molecular flexibility index (Phi) is 5.94. The summed E-state index contributed by atoms with van der Waals surface area (Å²) in [6.45, 7) is 7.82. The summed E-state index contributed by atoms with van der Waals surface area (Å²) in [6.07, 6.45) is 6.95. The number of hydrogen-bond donors (Lipinski definition) is 0. The minimum absolute atomic E-state index is 0.0498. The van der Waals surface area contributed by atoms with E-state index in [1.165, 1.54) is 6.08 Å². The number of carbonyl (C=O) groups excluding carboxylic acids is 1. The van der Waals surface area contributed by atoms with E-state index >= 15 is 0 Å². The Balaban J connectivity index is 3.78. The minimum atomic E-state index is -0.289. The van der Waals surface area contributed by atoms with Crippen molar-refractivity contribution >= 4 is 5.97 Å². The highest BCUT2D eigenvalue weighted by atomic mass is 16.5. The smallest absolute Gasteiger partial charge is 0.330 e. The van der Waals surface area contributed by atoms with Crippen molar-refractivity contribution in [3.8, 4) is 0 Å². The van der Waals surface area contributed by atoms with Crippen molar-refractivity contribution in [2.75, 3.05) is 0 Å². The summed E-state index contributed by atoms with van der Waals surface area (Å²) in [6, 6.07) is 0. The Hall–Kier alpha value is -1.05. The van der Waals surface area contributed by atoms with Gasteiger partial charge in [0.25, 0.3) is 0 Å². The van der Waals surface area contributed by atoms with Crippen molar-refractivity contribution in [2.24, 2.45) is 5.92 Å². The van der Waals surface area contributed by atoms with Gasteiger partial charge in [-0.25, -0.2) is 4.79 Å². The standard InChI is InChI=1S/C11H18O2/c1-9(2)7-5-6-8-11(12)13-10(3)4/h5-10H,1-4H3/b7-5+,8-6+. The van der Waals surface area contributed by atoms with E-state index in [-0.39, 0.29) is 12.1 Å². The summed E-state index contributed by atoms with van der Waals surface area (Å²) in [4.78, 5) is 11.0. The number of hydrogen-bond acceptors (Lipinski definition) is 2. The summed E-state index contributed by atoms with van der Waals surface area (Å²) >= 11 is 0. The van der Waals surface area contributed by atoms with Gasteiger partial charge in [0.2, 0.25) is 0 Å². The Bertz CT molecular complexity index is 200. The van der Waals surface area contributed by atoms with Gasteiger partial charge < -0.3 is 4.74 Å². The van der Waals surface area contributed by atoms with Crippen LogP contribution in [0, 0.1) is 5.92 Å². The van der Waals surface area contributed by atoms with E-state index in [1.54, 1.807) is 6.08 Å². The molecule has 0 aromatic heterocycles. The second kappa shape index (κ2) is 6.46. The average molecular weight is 182 g/mol. The van der Waals surface area contributed by atoms with Gasteiger partial charge in [0, 0.05) is 6.08 Å². The average Bonchev–Trinajstić information content (AvgIpc) is 1.96. The lowest BCUT2D eigenvalue weighted by molar-refractivity contribution is -0.141. The third-order valence-corrected chi connectivity index (χ3v) is 1.19. The van der Waals surface area contributed by atoms with Crippen LogP contribution in [0.3, 0.4) is 0 Å². The molecule has 0 aliphatic heterocycles. The van der Waals surface area contributed by atoms with Gasteiger partial charge in [0.05, 0.1) is 6.10 Å². The number of carbonyl (C=O) groups is 1. The molecule has 0 unspecified atom stereocenters. The van der Waals surface area contributed by atoms with Gasteiger partial charge in [-0.1, -0.05) is 32.1 Å². The summed E-state index contributed by atoms with van der Waals surface area (Å²) in [5, 5.41) is 0. The van der Waals surface area contributed by atoms with Crippen LogP contribution in [0.4, 0.5) is 0 Å². The van der Waals surface area contributed by atoms with Crippen molar-refractivity contribution in [3.63, 3.8) is 0 Å². The summed E-state index contributed by atoms with van der Waals surface area (Å²) in [5.41, 5.74) is 0. The Morgan fingerprint density at radius 3 is 2.23 bits per heavy atom. The van der Waals surface area contributed by atoms with E-state index in [0.29, 0.717) is 5.92 Å². The molecule has 0 heterocycles. The number of ether oxygens (including phenoxy) is 1. The molecule has 74 valence electrons. The summed E-state index contributed by atoms with van der Waals surface area (Å²) in [7, 11) is 0. The Morgan fingerprint density at radius 1 is 1.15 bits per heavy atom. The zero-order valence-corrected chi connectivity index (χ0v) is 8.78. The van der Waals surface area contributed by atoms with Gasteiger partial charge in [-0.15, -0.1) is 0 Å². The third-order valence-electron chi connectivity index (χ3n) is 1.19. The first-order chi connectivity index (χ1) is 6.02. The molecule has 0 bridgehead atoms. The quantitative estimate of drug-likeness (QED) is 0.379. The van der Waals surface area contributed by atoms with Crippen LogP contribution in [0.15, 0.2) is 24.3 Å². The second-order valence-electron chi connectivity index (χ2n) is 3.47. The predicted octanol–water partition coefficient (Wildman–Crippen LogP) is 2.71. The van der Waals surface area contributed by atoms with Crippen LogP contribution in [0.1, 0.15) is 27.7 Å². The first-order valence-corrected chi connectivity index (χ1v) is 4.58. The fourth-order valence-corrected chi connectivity index (χ4v) is 0.692. The minimum Gasteiger partial charge on any atom is -0.460 e. The monoisotopic (exact) mass is 182 g/mol. The van der Waals surface area contributed by atoms with Crippen LogP contribution >= 0.6 is 0 Å². The van der Waals surface area contributed by atoms with Crippen molar-refractivity contribution < 1.29 is 9.53 Å². The second-order valence-corrected chi connectivity index (χ2v) is 3.47. The summed E-state index contributed by atoms with van der Waals surface area (Å²) in [5.74, 6) is 0.217. The lowest BCUT2D eigenvalue weighted by atomic mass is 10.2. The third kappa shape index (κ3) is 8.86. The molecule has 0 rings (SSSR count). The summed E-state index contributed by atoms with van der Waals surface area (Å²) < 4.78 is 4.90. The highest BCUT2D eigenvalue weighted by molar-refractivity contribution is 5.82. The van der Waals surface area contributed by atoms with Gasteiger partial charge in [0.15, 0.2) is 0 Å². The molecular formula is C11H18O2. The molecule has 0 aromatic rings. The van der Waals surface area contributed by atoms with Crippen LogP contribution in [0.25, 0.3) is 0 Å². The molecular weight excluding hydrogens is 164 g/mol. The van der Waals surface area contributed by atoms with Gasteiger partial charge >= 0.3 is 5.97 Å². The maximum absolute atomic E-state index is 11.0. The molecule has 2 heteroatoms. The van der Waals surface area contributed by atoms with Crippen LogP contribution in [0.2, 0.25) is 0 Å². The van der Waals surface area contributed by atoms with Crippen LogP contribution in [0.5, 0.6) is 0 Å². The predicted molar refractivity (Wildman–Crippen MR) is 54.3 cm³/mol. The Labute approximate surface area is 80.3 Å². The van der Waals surface area contributed by atoms with Crippen LogP contribution < -0.4 is 0 Å². The van der Waals surface area contributed by atoms with E-state index in [2.05, 4.69) is 13.8 Å². The lowest BCUT2D eigenvalue weighted by Gasteiger charge is -2.03. The molecule has 13 heavy (non-hydrogen) atoms. The molecule has 0 radical (unpaired) electrons. The van der Waals surface area contributed by atoms with Crippen LogP contribution in [-0.2, 0) is 9.53 Å². The largest absolute Gasteiger partial charge is 0.460 e. The molecule has 0 spiro atoms. The topological polar surface area (TPSA) is 26.3 Å². The fraction of sp³-hybridized carbons (Fsp3) is 0.545. The lowest BCUT2D eigenvalue weighted by Crippen LogP contribution is -2.08. The number of esters is 1. The van der Waals surface area contributed by atoms with Crippen LogP contribution in [-0.4, -0.2) is 12.1 Å². The van der Waals surface area contributed by atoms with Gasteiger partial charge in [-0.3, -0.25) is 0 Å². The molecule has 0 amide bonds. The number of rotatable bonds is 4. The highest BCUT2D eigenvalue weighted by Gasteiger charge is 1.97. The van der Waals surface area contributed by atoms with Crippen molar-refractivity contribution in [1.29, 1.82) is 0 Å². The SMILES string of the molecule is CC(C)/C=C/C=C/C(=O)OC(C)C. The van der Waals surface area contributed by atoms with E-state index < -0.39 is 0 Å². The van der Waals surface area contributed by atoms with E-state index in [4.69, 9.17) is 4.74 Å². The maximum Gasteiger partial charge on any atom is 0.330 e. The Morgan fingerprint density at radius 2 is 1.77 bits per heavy atom. The van der Waals surface area contributed by atoms with Crippen molar-refractivity contribution in [1.82, 2.24) is 0 Å². The normalized spacial score (nSPS) is 12.2. The zero-order chi connectivity index (χ0) is 10.3. The highest BCUT2D eigenvalue weighted by Crippen LogP contribution is 1.94. The molecule has 0 saturated carbocycles. The number of allylic oxidation sites excluding steroid dienone is 3. The van der Waals surface area contributed by atoms with Gasteiger partial charge in [0.1, 0.15) is 0 Å². The molecule has 0 N–H and O–H groups in total. The molecule has 0 saturated heterocycles. The molecule has 0 aliphatic rings. The first-order valence-electron chi connectivity index (χ1n) is 4.58. The van der Waals surface area contributed by atoms with E-state index in [0.717, 1.165) is 0 Å². The molecule has 0 fully saturated rings. The molecule has 0 atom stereocenters.